The van der Waals surface area contributed by atoms with Gasteiger partial charge in [0.25, 0.3) is 0 Å². The number of hydrogen-bond acceptors (Lipinski definition) is 2. The monoisotopic (exact) mass is 304 g/mol. The lowest BCUT2D eigenvalue weighted by Gasteiger charge is -2.24. The molecule has 0 saturated carbocycles. The average molecular weight is 305 g/mol. The molecule has 0 aliphatic rings. The van der Waals surface area contributed by atoms with Crippen LogP contribution in [0, 0.1) is 5.82 Å². The zero-order chi connectivity index (χ0) is 13.1. The molecule has 1 unspecified atom stereocenters. The van der Waals surface area contributed by atoms with Gasteiger partial charge in [0, 0.05) is 17.1 Å². The second-order valence-corrected chi connectivity index (χ2v) is 5.60. The molecule has 0 amide bonds. The van der Waals surface area contributed by atoms with Gasteiger partial charge in [0.15, 0.2) is 0 Å². The molecule has 0 aromatic heterocycles. The van der Waals surface area contributed by atoms with Crippen molar-refractivity contribution in [3.05, 3.63) is 34.1 Å². The van der Waals surface area contributed by atoms with Gasteiger partial charge in [-0.3, -0.25) is 0 Å². The molecule has 0 aliphatic carbocycles. The Bertz CT molecular complexity index is 380. The molecular weight excluding hydrogens is 287 g/mol. The van der Waals surface area contributed by atoms with Gasteiger partial charge < -0.3 is 9.84 Å². The summed E-state index contributed by atoms with van der Waals surface area (Å²) in [6.45, 7) is 3.88. The number of benzene rings is 1. The first-order chi connectivity index (χ1) is 7.85. The second-order valence-electron chi connectivity index (χ2n) is 4.68. The fraction of sp³-hybridized carbons (Fsp3) is 0.538. The number of ether oxygens (including phenoxy) is 1. The van der Waals surface area contributed by atoms with E-state index in [0.29, 0.717) is 22.9 Å². The van der Waals surface area contributed by atoms with Crippen molar-refractivity contribution in [3.8, 4) is 0 Å². The Morgan fingerprint density at radius 3 is 2.65 bits per heavy atom. The molecule has 1 rings (SSSR count). The molecule has 17 heavy (non-hydrogen) atoms. The lowest BCUT2D eigenvalue weighted by Crippen LogP contribution is -2.23. The predicted molar refractivity (Wildman–Crippen MR) is 69.4 cm³/mol. The van der Waals surface area contributed by atoms with Crippen LogP contribution in [-0.2, 0) is 4.74 Å². The van der Waals surface area contributed by atoms with E-state index in [1.807, 2.05) is 13.8 Å². The van der Waals surface area contributed by atoms with Crippen molar-refractivity contribution in [2.75, 3.05) is 7.11 Å². The molecule has 0 radical (unpaired) electrons. The fourth-order valence-electron chi connectivity index (χ4n) is 1.51. The zero-order valence-electron chi connectivity index (χ0n) is 10.3. The van der Waals surface area contributed by atoms with Crippen LogP contribution in [0.2, 0.25) is 0 Å². The van der Waals surface area contributed by atoms with E-state index in [1.54, 1.807) is 19.2 Å². The lowest BCUT2D eigenvalue weighted by molar-refractivity contribution is 0.00247. The van der Waals surface area contributed by atoms with Crippen LogP contribution < -0.4 is 0 Å². The Hall–Kier alpha value is -0.450. The number of aliphatic hydroxyl groups excluding tert-OH is 1. The van der Waals surface area contributed by atoms with E-state index in [0.717, 1.165) is 0 Å². The summed E-state index contributed by atoms with van der Waals surface area (Å²) in [7, 11) is 1.63. The molecule has 0 aliphatic heterocycles. The van der Waals surface area contributed by atoms with Crippen LogP contribution in [0.1, 0.15) is 38.4 Å². The maximum absolute atomic E-state index is 13.6. The third-order valence-corrected chi connectivity index (χ3v) is 3.39. The second kappa shape index (κ2) is 5.94. The molecule has 0 bridgehead atoms. The van der Waals surface area contributed by atoms with Crippen molar-refractivity contribution < 1.29 is 14.2 Å². The third kappa shape index (κ3) is 4.37. The molecule has 0 spiro atoms. The first-order valence-corrected chi connectivity index (χ1v) is 6.33. The number of halogens is 2. The SMILES string of the molecule is COC(C)(C)CCC(O)c1ccc(Br)cc1F. The molecule has 4 heteroatoms. The van der Waals surface area contributed by atoms with Crippen LogP contribution in [0.25, 0.3) is 0 Å². The minimum atomic E-state index is -0.794. The summed E-state index contributed by atoms with van der Waals surface area (Å²) < 4.78 is 19.5. The largest absolute Gasteiger partial charge is 0.388 e. The first kappa shape index (κ1) is 14.6. The summed E-state index contributed by atoms with van der Waals surface area (Å²) in [6, 6.07) is 4.69. The van der Waals surface area contributed by atoms with Crippen LogP contribution in [-0.4, -0.2) is 17.8 Å². The van der Waals surface area contributed by atoms with Gasteiger partial charge in [-0.05, 0) is 38.8 Å². The molecule has 0 fully saturated rings. The highest BCUT2D eigenvalue weighted by molar-refractivity contribution is 9.10. The minimum Gasteiger partial charge on any atom is -0.388 e. The van der Waals surface area contributed by atoms with Crippen molar-refractivity contribution in [1.82, 2.24) is 0 Å². The molecule has 2 nitrogen and oxygen atoms in total. The lowest BCUT2D eigenvalue weighted by atomic mass is 9.96. The zero-order valence-corrected chi connectivity index (χ0v) is 11.9. The molecular formula is C13H18BrFO2. The number of hydrogen-bond donors (Lipinski definition) is 1. The van der Waals surface area contributed by atoms with Crippen LogP contribution >= 0.6 is 15.9 Å². The standard InChI is InChI=1S/C13H18BrFO2/c1-13(2,17-3)7-6-12(16)10-5-4-9(14)8-11(10)15/h4-5,8,12,16H,6-7H2,1-3H3. The summed E-state index contributed by atoms with van der Waals surface area (Å²) in [5.41, 5.74) is 0.0346. The van der Waals surface area contributed by atoms with E-state index in [2.05, 4.69) is 15.9 Å². The highest BCUT2D eigenvalue weighted by Crippen LogP contribution is 2.27. The molecule has 1 N–H and O–H groups in total. The average Bonchev–Trinajstić information content (AvgIpc) is 2.26. The van der Waals surface area contributed by atoms with Crippen molar-refractivity contribution in [2.45, 2.75) is 38.4 Å². The topological polar surface area (TPSA) is 29.5 Å². The maximum atomic E-state index is 13.6. The molecule has 0 heterocycles. The minimum absolute atomic E-state index is 0.299. The van der Waals surface area contributed by atoms with Crippen molar-refractivity contribution in [3.63, 3.8) is 0 Å². The van der Waals surface area contributed by atoms with Crippen LogP contribution in [0.4, 0.5) is 4.39 Å². The number of aliphatic hydroxyl groups is 1. The van der Waals surface area contributed by atoms with E-state index in [9.17, 15) is 9.50 Å². The van der Waals surface area contributed by atoms with E-state index in [1.165, 1.54) is 6.07 Å². The predicted octanol–water partition coefficient (Wildman–Crippen LogP) is 3.83. The van der Waals surface area contributed by atoms with Gasteiger partial charge in [-0.1, -0.05) is 22.0 Å². The Kier molecular flexibility index (Phi) is 5.10. The van der Waals surface area contributed by atoms with Gasteiger partial charge in [-0.2, -0.15) is 0 Å². The summed E-state index contributed by atoms with van der Waals surface area (Å²) >= 11 is 3.19. The fourth-order valence-corrected chi connectivity index (χ4v) is 1.85. The van der Waals surface area contributed by atoms with Gasteiger partial charge in [0.05, 0.1) is 11.7 Å². The third-order valence-electron chi connectivity index (χ3n) is 2.89. The van der Waals surface area contributed by atoms with E-state index in [-0.39, 0.29) is 11.4 Å². The highest BCUT2D eigenvalue weighted by atomic mass is 79.9. The van der Waals surface area contributed by atoms with Gasteiger partial charge in [0.1, 0.15) is 5.82 Å². The van der Waals surface area contributed by atoms with Crippen LogP contribution in [0.5, 0.6) is 0 Å². The molecule has 1 aromatic rings. The van der Waals surface area contributed by atoms with Gasteiger partial charge >= 0.3 is 0 Å². The van der Waals surface area contributed by atoms with Gasteiger partial charge in [-0.15, -0.1) is 0 Å². The van der Waals surface area contributed by atoms with E-state index >= 15 is 0 Å². The Balaban J connectivity index is 2.67. The molecule has 1 atom stereocenters. The van der Waals surface area contributed by atoms with Crippen molar-refractivity contribution in [2.24, 2.45) is 0 Å². The Morgan fingerprint density at radius 1 is 1.47 bits per heavy atom. The van der Waals surface area contributed by atoms with Gasteiger partial charge in [-0.25, -0.2) is 4.39 Å². The van der Waals surface area contributed by atoms with Gasteiger partial charge in [0.2, 0.25) is 0 Å². The molecule has 0 saturated heterocycles. The summed E-state index contributed by atoms with van der Waals surface area (Å²) in [5.74, 6) is -0.387. The number of methoxy groups -OCH3 is 1. The Labute approximate surface area is 110 Å². The summed E-state index contributed by atoms with van der Waals surface area (Å²) in [5, 5.41) is 9.94. The van der Waals surface area contributed by atoms with Crippen molar-refractivity contribution in [1.29, 1.82) is 0 Å². The number of rotatable bonds is 5. The highest BCUT2D eigenvalue weighted by Gasteiger charge is 2.20. The molecule has 96 valence electrons. The van der Waals surface area contributed by atoms with Crippen LogP contribution in [0.15, 0.2) is 22.7 Å². The summed E-state index contributed by atoms with van der Waals surface area (Å²) in [4.78, 5) is 0. The van der Waals surface area contributed by atoms with Crippen molar-refractivity contribution >= 4 is 15.9 Å². The van der Waals surface area contributed by atoms with Crippen LogP contribution in [0.3, 0.4) is 0 Å². The normalized spacial score (nSPS) is 13.8. The van der Waals surface area contributed by atoms with E-state index in [4.69, 9.17) is 4.74 Å². The van der Waals surface area contributed by atoms with E-state index < -0.39 is 6.10 Å². The first-order valence-electron chi connectivity index (χ1n) is 5.54. The molecule has 1 aromatic carbocycles. The smallest absolute Gasteiger partial charge is 0.130 e. The maximum Gasteiger partial charge on any atom is 0.130 e. The quantitative estimate of drug-likeness (QED) is 0.896. The Morgan fingerprint density at radius 2 is 2.12 bits per heavy atom. The summed E-state index contributed by atoms with van der Waals surface area (Å²) in [6.07, 6.45) is 0.344.